The van der Waals surface area contributed by atoms with Crippen LogP contribution >= 0.6 is 23.2 Å². The smallest absolute Gasteiger partial charge is 0.195 e. The zero-order valence-corrected chi connectivity index (χ0v) is 26.1. The summed E-state index contributed by atoms with van der Waals surface area (Å²) in [6, 6.07) is 25.1. The molecule has 232 valence electrons. The minimum atomic E-state index is -1.15. The van der Waals surface area contributed by atoms with Gasteiger partial charge in [-0.3, -0.25) is 24.2 Å². The summed E-state index contributed by atoms with van der Waals surface area (Å²) in [7, 11) is 0. The predicted octanol–water partition coefficient (Wildman–Crippen LogP) is 6.33. The zero-order valence-electron chi connectivity index (χ0n) is 24.6. The van der Waals surface area contributed by atoms with Crippen LogP contribution in [0.3, 0.4) is 0 Å². The molecule has 1 atom stereocenters. The summed E-state index contributed by atoms with van der Waals surface area (Å²) in [5, 5.41) is 12.4. The fourth-order valence-corrected chi connectivity index (χ4v) is 6.90. The lowest BCUT2D eigenvalue weighted by Gasteiger charge is -2.33. The van der Waals surface area contributed by atoms with Crippen LogP contribution in [0, 0.1) is 0 Å². The van der Waals surface area contributed by atoms with Crippen molar-refractivity contribution in [2.75, 3.05) is 0 Å². The van der Waals surface area contributed by atoms with Crippen molar-refractivity contribution in [3.63, 3.8) is 0 Å². The number of aromatic hydroxyl groups is 1. The lowest BCUT2D eigenvalue weighted by atomic mass is 9.81. The number of phenolic OH excluding ortho intramolecular Hbond substituents is 1. The van der Waals surface area contributed by atoms with Crippen molar-refractivity contribution in [3.05, 3.63) is 168 Å². The van der Waals surface area contributed by atoms with E-state index < -0.39 is 29.3 Å². The van der Waals surface area contributed by atoms with E-state index in [1.165, 1.54) is 30.3 Å². The molecular weight excluding hydrogens is 651 g/mol. The molecule has 0 saturated carbocycles. The first-order valence-corrected chi connectivity index (χ1v) is 15.4. The summed E-state index contributed by atoms with van der Waals surface area (Å²) >= 11 is 13.1. The number of benzene rings is 5. The standard InChI is InChI=1S/C37H20Cl2N4O5/c38-17-13-24-29(33(47)21-9-3-1-7-19(21)31(24)45)26(15-17)35-41-36(23-11-5-6-12-28(23)44)43(40)37(42-35)27-16-18(39)14-25-30(27)34(48)22-10-4-2-8-20(22)32(25)46/h1-16,36,44H,40H2. The highest BCUT2D eigenvalue weighted by molar-refractivity contribution is 6.37. The summed E-state index contributed by atoms with van der Waals surface area (Å²) in [5.74, 6) is 4.84. The third-order valence-corrected chi connectivity index (χ3v) is 9.08. The van der Waals surface area contributed by atoms with E-state index in [0.717, 1.165) is 5.01 Å². The number of phenols is 1. The highest BCUT2D eigenvalue weighted by Gasteiger charge is 2.39. The van der Waals surface area contributed by atoms with Gasteiger partial charge in [-0.1, -0.05) is 89.9 Å². The number of carbonyl (C=O) groups is 4. The Hall–Kier alpha value is -5.74. The molecule has 0 bridgehead atoms. The van der Waals surface area contributed by atoms with Gasteiger partial charge >= 0.3 is 0 Å². The number of fused-ring (bicyclic) bond motifs is 4. The van der Waals surface area contributed by atoms with Gasteiger partial charge in [0.2, 0.25) is 0 Å². The van der Waals surface area contributed by atoms with Crippen LogP contribution in [0.25, 0.3) is 0 Å². The Morgan fingerprint density at radius 3 is 1.56 bits per heavy atom. The summed E-state index contributed by atoms with van der Waals surface area (Å²) in [5.41, 5.74) is 1.66. The van der Waals surface area contributed by atoms with Gasteiger partial charge in [-0.15, -0.1) is 0 Å². The number of rotatable bonds is 3. The Kier molecular flexibility index (Phi) is 6.74. The largest absolute Gasteiger partial charge is 0.508 e. The van der Waals surface area contributed by atoms with E-state index in [2.05, 4.69) is 0 Å². The van der Waals surface area contributed by atoms with Gasteiger partial charge in [-0.2, -0.15) is 0 Å². The van der Waals surface area contributed by atoms with Gasteiger partial charge in [-0.25, -0.2) is 15.8 Å². The number of nitrogens with two attached hydrogens (primary N) is 1. The second kappa shape index (κ2) is 10.9. The Morgan fingerprint density at radius 2 is 1.02 bits per heavy atom. The van der Waals surface area contributed by atoms with Gasteiger partial charge < -0.3 is 5.11 Å². The van der Waals surface area contributed by atoms with E-state index in [4.69, 9.17) is 39.0 Å². The molecule has 5 aromatic rings. The number of ketones is 4. The van der Waals surface area contributed by atoms with Gasteiger partial charge in [0.15, 0.2) is 41.0 Å². The first-order valence-electron chi connectivity index (χ1n) is 14.7. The third-order valence-electron chi connectivity index (χ3n) is 8.64. The van der Waals surface area contributed by atoms with E-state index >= 15 is 0 Å². The minimum absolute atomic E-state index is 0.0305. The van der Waals surface area contributed by atoms with E-state index in [-0.39, 0.29) is 88.7 Å². The van der Waals surface area contributed by atoms with Crippen LogP contribution in [-0.2, 0) is 0 Å². The maximum atomic E-state index is 14.0. The van der Waals surface area contributed by atoms with E-state index in [0.29, 0.717) is 0 Å². The fourth-order valence-electron chi connectivity index (χ4n) is 6.47. The van der Waals surface area contributed by atoms with E-state index in [1.807, 2.05) is 0 Å². The van der Waals surface area contributed by atoms with Gasteiger partial charge in [0.1, 0.15) is 5.75 Å². The summed E-state index contributed by atoms with van der Waals surface area (Å²) in [6.45, 7) is 0. The highest BCUT2D eigenvalue weighted by atomic mass is 35.5. The van der Waals surface area contributed by atoms with Crippen LogP contribution in [0.4, 0.5) is 0 Å². The molecule has 3 N–H and O–H groups in total. The van der Waals surface area contributed by atoms with E-state index in [1.54, 1.807) is 66.7 Å². The molecule has 11 heteroatoms. The molecule has 1 heterocycles. The quantitative estimate of drug-likeness (QED) is 0.209. The maximum Gasteiger partial charge on any atom is 0.195 e. The molecule has 1 aliphatic heterocycles. The van der Waals surface area contributed by atoms with Gasteiger partial charge in [0.25, 0.3) is 0 Å². The number of amidine groups is 2. The first-order chi connectivity index (χ1) is 23.1. The second-order valence-corrected chi connectivity index (χ2v) is 12.3. The molecule has 0 amide bonds. The lowest BCUT2D eigenvalue weighted by Crippen LogP contribution is -2.45. The molecular formula is C37H20Cl2N4O5. The maximum absolute atomic E-state index is 14.0. The van der Waals surface area contributed by atoms with E-state index in [9.17, 15) is 24.3 Å². The molecule has 0 radical (unpaired) electrons. The first kappa shape index (κ1) is 29.6. The Bertz CT molecular complexity index is 2400. The average molecular weight is 671 g/mol. The number of nitrogens with zero attached hydrogens (tertiary/aromatic N) is 3. The lowest BCUT2D eigenvalue weighted by molar-refractivity contribution is 0.0979. The molecule has 2 aliphatic carbocycles. The Labute approximate surface area is 282 Å². The van der Waals surface area contributed by atoms with Crippen molar-refractivity contribution in [3.8, 4) is 5.75 Å². The van der Waals surface area contributed by atoms with Crippen LogP contribution in [-0.4, -0.2) is 44.9 Å². The topological polar surface area (TPSA) is 142 Å². The number of hydrogen-bond acceptors (Lipinski definition) is 9. The van der Waals surface area contributed by atoms with Gasteiger partial charge in [-0.05, 0) is 30.3 Å². The molecule has 0 spiro atoms. The summed E-state index contributed by atoms with van der Waals surface area (Å²) in [6.07, 6.45) is -1.15. The van der Waals surface area contributed by atoms with Crippen molar-refractivity contribution in [1.82, 2.24) is 5.01 Å². The Balaban J connectivity index is 1.40. The van der Waals surface area contributed by atoms with Crippen molar-refractivity contribution in [1.29, 1.82) is 0 Å². The molecule has 1 unspecified atom stereocenters. The number of hydrazine groups is 1. The van der Waals surface area contributed by atoms with Crippen LogP contribution in [0.15, 0.2) is 107 Å². The predicted molar refractivity (Wildman–Crippen MR) is 179 cm³/mol. The fraction of sp³-hybridized carbons (Fsp3) is 0.0270. The summed E-state index contributed by atoms with van der Waals surface area (Å²) in [4.78, 5) is 64.9. The zero-order chi connectivity index (χ0) is 33.4. The molecule has 0 saturated heterocycles. The van der Waals surface area contributed by atoms with Crippen molar-refractivity contribution in [2.45, 2.75) is 6.17 Å². The van der Waals surface area contributed by atoms with Crippen molar-refractivity contribution in [2.24, 2.45) is 15.8 Å². The van der Waals surface area contributed by atoms with Crippen LogP contribution < -0.4 is 5.84 Å². The number of carbonyl (C=O) groups excluding carboxylic acids is 4. The summed E-state index contributed by atoms with van der Waals surface area (Å²) < 4.78 is 0. The second-order valence-electron chi connectivity index (χ2n) is 11.4. The highest BCUT2D eigenvalue weighted by Crippen LogP contribution is 2.39. The SMILES string of the molecule is NN1C(c2cc(Cl)cc3c2C(=O)c2ccccc2C3=O)=NC(c2cc(Cl)cc3c2C(=O)c2ccccc2C3=O)=NC1c1ccccc1O. The van der Waals surface area contributed by atoms with Crippen LogP contribution in [0.2, 0.25) is 10.0 Å². The minimum Gasteiger partial charge on any atom is -0.508 e. The molecule has 5 aromatic carbocycles. The average Bonchev–Trinajstić information content (AvgIpc) is 3.09. The molecule has 8 rings (SSSR count). The van der Waals surface area contributed by atoms with Gasteiger partial charge in [0, 0.05) is 71.2 Å². The number of hydrogen-bond donors (Lipinski definition) is 2. The van der Waals surface area contributed by atoms with Gasteiger partial charge in [0.05, 0.1) is 0 Å². The number of aliphatic imine (C=N–C) groups is 2. The van der Waals surface area contributed by atoms with Crippen LogP contribution in [0.5, 0.6) is 5.75 Å². The molecule has 0 aromatic heterocycles. The van der Waals surface area contributed by atoms with Crippen molar-refractivity contribution >= 4 is 58.0 Å². The molecule has 3 aliphatic rings. The molecule has 48 heavy (non-hydrogen) atoms. The monoisotopic (exact) mass is 670 g/mol. The van der Waals surface area contributed by atoms with Crippen molar-refractivity contribution < 1.29 is 24.3 Å². The molecule has 9 nitrogen and oxygen atoms in total. The normalized spacial score (nSPS) is 16.5. The number of para-hydroxylation sites is 1. The number of halogens is 2. The van der Waals surface area contributed by atoms with Crippen LogP contribution in [0.1, 0.15) is 86.5 Å². The molecule has 0 fully saturated rings. The third kappa shape index (κ3) is 4.36. The Morgan fingerprint density at radius 1 is 0.583 bits per heavy atom.